The van der Waals surface area contributed by atoms with E-state index in [4.69, 9.17) is 5.14 Å². The van der Waals surface area contributed by atoms with E-state index >= 15 is 0 Å². The van der Waals surface area contributed by atoms with Crippen molar-refractivity contribution >= 4 is 44.4 Å². The zero-order valence-electron chi connectivity index (χ0n) is 16.8. The number of hydrogen-bond acceptors (Lipinski definition) is 5. The Bertz CT molecular complexity index is 1180. The van der Waals surface area contributed by atoms with Gasteiger partial charge in [0.2, 0.25) is 15.9 Å². The third-order valence-corrected chi connectivity index (χ3v) is 6.42. The molecule has 3 aromatic rings. The van der Waals surface area contributed by atoms with Crippen LogP contribution >= 0.6 is 11.8 Å². The molecule has 154 valence electrons. The average molecular weight is 433 g/mol. The third-order valence-electron chi connectivity index (χ3n) is 4.48. The van der Waals surface area contributed by atoms with Crippen LogP contribution in [-0.4, -0.2) is 29.6 Å². The van der Waals surface area contributed by atoms with Gasteiger partial charge in [-0.1, -0.05) is 50.7 Å². The molecule has 0 aliphatic carbocycles. The molecular weight excluding hydrogens is 408 g/mol. The predicted octanol–water partition coefficient (Wildman–Crippen LogP) is 3.25. The third kappa shape index (κ3) is 4.80. The van der Waals surface area contributed by atoms with Gasteiger partial charge in [0.15, 0.2) is 5.16 Å². The SMILES string of the molecule is Cn1c(SCC(=O)Nc2ccccc2C(C)(C)C)nc2cc(S(N)(=O)=O)ccc21. The van der Waals surface area contributed by atoms with Crippen molar-refractivity contribution in [1.82, 2.24) is 9.55 Å². The zero-order valence-corrected chi connectivity index (χ0v) is 18.4. The fraction of sp³-hybridized carbons (Fsp3) is 0.300. The fourth-order valence-electron chi connectivity index (χ4n) is 3.03. The molecule has 29 heavy (non-hydrogen) atoms. The van der Waals surface area contributed by atoms with Crippen molar-refractivity contribution in [2.75, 3.05) is 11.1 Å². The molecule has 0 atom stereocenters. The van der Waals surface area contributed by atoms with Crippen LogP contribution in [0.5, 0.6) is 0 Å². The van der Waals surface area contributed by atoms with Crippen molar-refractivity contribution in [2.45, 2.75) is 36.2 Å². The first-order valence-electron chi connectivity index (χ1n) is 8.98. The number of nitrogens with zero attached hydrogens (tertiary/aromatic N) is 2. The van der Waals surface area contributed by atoms with Crippen molar-refractivity contribution in [3.05, 3.63) is 48.0 Å². The van der Waals surface area contributed by atoms with Gasteiger partial charge in [-0.25, -0.2) is 18.5 Å². The summed E-state index contributed by atoms with van der Waals surface area (Å²) in [5, 5.41) is 8.78. The van der Waals surface area contributed by atoms with Crippen LogP contribution in [-0.2, 0) is 27.3 Å². The molecule has 0 bridgehead atoms. The number of para-hydroxylation sites is 1. The van der Waals surface area contributed by atoms with Crippen LogP contribution in [0.2, 0.25) is 0 Å². The minimum atomic E-state index is -3.79. The number of rotatable bonds is 5. The first-order chi connectivity index (χ1) is 13.5. The van der Waals surface area contributed by atoms with E-state index in [1.54, 1.807) is 6.07 Å². The van der Waals surface area contributed by atoms with E-state index in [0.717, 1.165) is 16.8 Å². The number of amides is 1. The van der Waals surface area contributed by atoms with Gasteiger partial charge < -0.3 is 9.88 Å². The Morgan fingerprint density at radius 2 is 1.90 bits per heavy atom. The summed E-state index contributed by atoms with van der Waals surface area (Å²) in [6, 6.07) is 12.3. The Kier molecular flexibility index (Phi) is 5.75. The first-order valence-corrected chi connectivity index (χ1v) is 11.5. The number of hydrogen-bond donors (Lipinski definition) is 2. The standard InChI is InChI=1S/C20H24N4O3S2/c1-20(2,3)14-7-5-6-8-15(14)22-18(25)12-28-19-23-16-11-13(29(21,26)27)9-10-17(16)24(19)4/h5-11H,12H2,1-4H3,(H,22,25)(H2,21,26,27). The Labute approximate surface area is 174 Å². The molecule has 0 radical (unpaired) electrons. The van der Waals surface area contributed by atoms with Gasteiger partial charge in [0, 0.05) is 12.7 Å². The fourth-order valence-corrected chi connectivity index (χ4v) is 4.35. The lowest BCUT2D eigenvalue weighted by Crippen LogP contribution is -2.20. The molecule has 9 heteroatoms. The molecule has 2 aromatic carbocycles. The van der Waals surface area contributed by atoms with E-state index in [0.29, 0.717) is 10.7 Å². The quantitative estimate of drug-likeness (QED) is 0.602. The van der Waals surface area contributed by atoms with Gasteiger partial charge >= 0.3 is 0 Å². The Morgan fingerprint density at radius 3 is 2.55 bits per heavy atom. The predicted molar refractivity (Wildman–Crippen MR) is 117 cm³/mol. The molecular formula is C20H24N4O3S2. The molecule has 1 heterocycles. The summed E-state index contributed by atoms with van der Waals surface area (Å²) in [5.41, 5.74) is 3.05. The number of carbonyl (C=O) groups is 1. The van der Waals surface area contributed by atoms with Crippen molar-refractivity contribution in [3.8, 4) is 0 Å². The van der Waals surface area contributed by atoms with Crippen molar-refractivity contribution < 1.29 is 13.2 Å². The molecule has 3 N–H and O–H groups in total. The average Bonchev–Trinajstić information content (AvgIpc) is 2.94. The molecule has 3 rings (SSSR count). The monoisotopic (exact) mass is 432 g/mol. The van der Waals surface area contributed by atoms with Gasteiger partial charge in [-0.15, -0.1) is 0 Å². The van der Waals surface area contributed by atoms with Crippen molar-refractivity contribution in [3.63, 3.8) is 0 Å². The molecule has 1 aromatic heterocycles. The lowest BCUT2D eigenvalue weighted by atomic mass is 9.86. The van der Waals surface area contributed by atoms with Crippen LogP contribution in [0.4, 0.5) is 5.69 Å². The minimum absolute atomic E-state index is 0.0104. The Morgan fingerprint density at radius 1 is 1.21 bits per heavy atom. The Hall–Kier alpha value is -2.36. The summed E-state index contributed by atoms with van der Waals surface area (Å²) in [4.78, 5) is 17.0. The lowest BCUT2D eigenvalue weighted by Gasteiger charge is -2.22. The smallest absolute Gasteiger partial charge is 0.238 e. The van der Waals surface area contributed by atoms with E-state index in [1.165, 1.54) is 23.9 Å². The molecule has 0 unspecified atom stereocenters. The van der Waals surface area contributed by atoms with Gasteiger partial charge in [-0.2, -0.15) is 0 Å². The number of aromatic nitrogens is 2. The maximum atomic E-state index is 12.5. The molecule has 1 amide bonds. The highest BCUT2D eigenvalue weighted by Gasteiger charge is 2.19. The second-order valence-electron chi connectivity index (χ2n) is 7.78. The van der Waals surface area contributed by atoms with Crippen LogP contribution in [0.25, 0.3) is 11.0 Å². The number of carbonyl (C=O) groups excluding carboxylic acids is 1. The highest BCUT2D eigenvalue weighted by molar-refractivity contribution is 7.99. The van der Waals surface area contributed by atoms with Crippen LogP contribution < -0.4 is 10.5 Å². The number of sulfonamides is 1. The van der Waals surface area contributed by atoms with E-state index in [-0.39, 0.29) is 22.0 Å². The summed E-state index contributed by atoms with van der Waals surface area (Å²) in [5.74, 6) is 0.0431. The second-order valence-corrected chi connectivity index (χ2v) is 10.3. The lowest BCUT2D eigenvalue weighted by molar-refractivity contribution is -0.113. The maximum absolute atomic E-state index is 12.5. The van der Waals surface area contributed by atoms with Gasteiger partial charge in [-0.05, 0) is 35.2 Å². The normalized spacial score (nSPS) is 12.3. The van der Waals surface area contributed by atoms with Crippen molar-refractivity contribution in [2.24, 2.45) is 12.2 Å². The number of imidazole rings is 1. The summed E-state index contributed by atoms with van der Waals surface area (Å²) >= 11 is 1.29. The number of primary sulfonamides is 1. The highest BCUT2D eigenvalue weighted by Crippen LogP contribution is 2.30. The van der Waals surface area contributed by atoms with E-state index in [2.05, 4.69) is 31.1 Å². The van der Waals surface area contributed by atoms with Gasteiger partial charge in [0.1, 0.15) is 0 Å². The van der Waals surface area contributed by atoms with Gasteiger partial charge in [0.05, 0.1) is 21.7 Å². The minimum Gasteiger partial charge on any atom is -0.325 e. The molecule has 0 fully saturated rings. The summed E-state index contributed by atoms with van der Waals surface area (Å²) in [7, 11) is -1.97. The summed E-state index contributed by atoms with van der Waals surface area (Å²) in [6.45, 7) is 6.30. The molecule has 0 spiro atoms. The zero-order chi connectivity index (χ0) is 21.4. The number of anilines is 1. The molecule has 7 nitrogen and oxygen atoms in total. The number of aryl methyl sites for hydroxylation is 1. The number of fused-ring (bicyclic) bond motifs is 1. The number of nitrogens with two attached hydrogens (primary N) is 1. The summed E-state index contributed by atoms with van der Waals surface area (Å²) < 4.78 is 24.9. The van der Waals surface area contributed by atoms with Gasteiger partial charge in [0.25, 0.3) is 0 Å². The number of benzene rings is 2. The molecule has 0 saturated carbocycles. The Balaban J connectivity index is 1.76. The van der Waals surface area contributed by atoms with Crippen LogP contribution in [0, 0.1) is 0 Å². The second kappa shape index (κ2) is 7.81. The summed E-state index contributed by atoms with van der Waals surface area (Å²) in [6.07, 6.45) is 0. The van der Waals surface area contributed by atoms with E-state index in [1.807, 2.05) is 35.9 Å². The topological polar surface area (TPSA) is 107 Å². The maximum Gasteiger partial charge on any atom is 0.238 e. The largest absolute Gasteiger partial charge is 0.325 e. The van der Waals surface area contributed by atoms with Crippen molar-refractivity contribution in [1.29, 1.82) is 0 Å². The van der Waals surface area contributed by atoms with E-state index in [9.17, 15) is 13.2 Å². The number of nitrogens with one attached hydrogen (secondary N) is 1. The van der Waals surface area contributed by atoms with E-state index < -0.39 is 10.0 Å². The molecule has 0 aliphatic heterocycles. The molecule has 0 aliphatic rings. The highest BCUT2D eigenvalue weighted by atomic mass is 32.2. The van der Waals surface area contributed by atoms with Crippen LogP contribution in [0.1, 0.15) is 26.3 Å². The van der Waals surface area contributed by atoms with Crippen LogP contribution in [0.3, 0.4) is 0 Å². The van der Waals surface area contributed by atoms with Crippen LogP contribution in [0.15, 0.2) is 52.5 Å². The first kappa shape index (κ1) is 21.4. The van der Waals surface area contributed by atoms with Gasteiger partial charge in [-0.3, -0.25) is 4.79 Å². The number of thioether (sulfide) groups is 1. The molecule has 0 saturated heterocycles.